The van der Waals surface area contributed by atoms with Crippen LogP contribution in [0.5, 0.6) is 11.6 Å². The van der Waals surface area contributed by atoms with Gasteiger partial charge in [0.25, 0.3) is 0 Å². The van der Waals surface area contributed by atoms with Crippen molar-refractivity contribution in [2.45, 2.75) is 33.0 Å². The molecular weight excluding hydrogens is 489 g/mol. The molecule has 37 heavy (non-hydrogen) atoms. The van der Waals surface area contributed by atoms with Gasteiger partial charge in [-0.25, -0.2) is 13.8 Å². The zero-order valence-electron chi connectivity index (χ0n) is 20.4. The van der Waals surface area contributed by atoms with Gasteiger partial charge in [-0.05, 0) is 73.1 Å². The summed E-state index contributed by atoms with van der Waals surface area (Å²) >= 11 is 0. The molecule has 1 aromatic heterocycles. The molecule has 0 saturated heterocycles. The van der Waals surface area contributed by atoms with Gasteiger partial charge >= 0.3 is 6.18 Å². The van der Waals surface area contributed by atoms with Crippen LogP contribution in [0.25, 0.3) is 5.57 Å². The number of halogens is 5. The molecule has 0 aliphatic heterocycles. The number of pyridine rings is 1. The van der Waals surface area contributed by atoms with Crippen molar-refractivity contribution in [3.63, 3.8) is 0 Å². The Kier molecular flexibility index (Phi) is 8.06. The molecule has 0 radical (unpaired) electrons. The number of nitrogens with two attached hydrogens (primary N) is 1. The highest BCUT2D eigenvalue weighted by Gasteiger charge is 2.36. The van der Waals surface area contributed by atoms with E-state index < -0.39 is 29.3 Å². The number of hydrogen-bond donors (Lipinski definition) is 1. The minimum atomic E-state index is -4.73. The van der Waals surface area contributed by atoms with E-state index in [2.05, 4.69) is 24.7 Å². The molecule has 0 fully saturated rings. The van der Waals surface area contributed by atoms with Crippen molar-refractivity contribution in [3.8, 4) is 11.6 Å². The number of alkyl halides is 3. The maximum atomic E-state index is 14.5. The molecule has 1 heterocycles. The Bertz CT molecular complexity index is 1340. The lowest BCUT2D eigenvalue weighted by Gasteiger charge is -2.25. The second kappa shape index (κ2) is 10.9. The first-order valence-corrected chi connectivity index (χ1v) is 11.1. The van der Waals surface area contributed by atoms with Gasteiger partial charge in [0.15, 0.2) is 0 Å². The number of hydrogen-bond acceptors (Lipinski definition) is 4. The minimum Gasteiger partial charge on any atom is -0.438 e. The second-order valence-electron chi connectivity index (χ2n) is 8.61. The third-order valence-corrected chi connectivity index (χ3v) is 5.43. The number of benzene rings is 2. The van der Waals surface area contributed by atoms with Gasteiger partial charge in [0, 0.05) is 35.1 Å². The predicted octanol–water partition coefficient (Wildman–Crippen LogP) is 7.68. The number of anilines is 1. The van der Waals surface area contributed by atoms with Gasteiger partial charge in [0.2, 0.25) is 5.88 Å². The molecule has 0 aliphatic carbocycles. The Labute approximate surface area is 212 Å². The molecule has 0 atom stereocenters. The fourth-order valence-electron chi connectivity index (χ4n) is 3.72. The molecule has 0 bridgehead atoms. The summed E-state index contributed by atoms with van der Waals surface area (Å²) in [6, 6.07) is 7.83. The normalized spacial score (nSPS) is 11.2. The summed E-state index contributed by atoms with van der Waals surface area (Å²) in [4.78, 5) is 5.37. The van der Waals surface area contributed by atoms with Crippen LogP contribution in [0.3, 0.4) is 0 Å². The van der Waals surface area contributed by atoms with Crippen LogP contribution in [0.15, 0.2) is 74.2 Å². The van der Waals surface area contributed by atoms with E-state index in [1.807, 2.05) is 0 Å². The van der Waals surface area contributed by atoms with E-state index in [1.165, 1.54) is 41.6 Å². The van der Waals surface area contributed by atoms with Crippen molar-refractivity contribution >= 4 is 11.3 Å². The first kappa shape index (κ1) is 27.4. The molecule has 3 aromatic rings. The summed E-state index contributed by atoms with van der Waals surface area (Å²) in [5.74, 6) is -1.97. The molecule has 0 amide bonds. The van der Waals surface area contributed by atoms with Crippen molar-refractivity contribution in [2.75, 3.05) is 4.90 Å². The largest absolute Gasteiger partial charge is 0.438 e. The van der Waals surface area contributed by atoms with Gasteiger partial charge in [-0.3, -0.25) is 0 Å². The van der Waals surface area contributed by atoms with Crippen molar-refractivity contribution in [3.05, 3.63) is 114 Å². The van der Waals surface area contributed by atoms with Gasteiger partial charge in [-0.15, -0.1) is 0 Å². The third kappa shape index (κ3) is 6.55. The summed E-state index contributed by atoms with van der Waals surface area (Å²) in [6.45, 7) is 14.3. The number of aromatic nitrogens is 1. The third-order valence-electron chi connectivity index (χ3n) is 5.43. The van der Waals surface area contributed by atoms with Crippen molar-refractivity contribution in [2.24, 2.45) is 5.73 Å². The summed E-state index contributed by atoms with van der Waals surface area (Å²) in [5, 5.41) is 0. The lowest BCUT2D eigenvalue weighted by Crippen LogP contribution is -2.18. The van der Waals surface area contributed by atoms with E-state index in [1.54, 1.807) is 19.9 Å². The Morgan fingerprint density at radius 3 is 2.30 bits per heavy atom. The average Bonchev–Trinajstić information content (AvgIpc) is 2.79. The van der Waals surface area contributed by atoms with Crippen molar-refractivity contribution in [1.29, 1.82) is 0 Å². The number of nitrogens with zero attached hydrogens (tertiary/aromatic N) is 2. The van der Waals surface area contributed by atoms with E-state index in [0.29, 0.717) is 22.4 Å². The number of ether oxygens (including phenoxy) is 1. The highest BCUT2D eigenvalue weighted by atomic mass is 19.4. The highest BCUT2D eigenvalue weighted by molar-refractivity contribution is 5.76. The lowest BCUT2D eigenvalue weighted by molar-refractivity contribution is -0.138. The topological polar surface area (TPSA) is 51.4 Å². The van der Waals surface area contributed by atoms with Crippen LogP contribution in [0, 0.1) is 18.6 Å². The zero-order chi connectivity index (χ0) is 27.5. The molecular formula is C28H26F5N3O. The highest BCUT2D eigenvalue weighted by Crippen LogP contribution is 2.39. The Hall–Kier alpha value is -4.14. The number of rotatable bonds is 9. The van der Waals surface area contributed by atoms with Crippen molar-refractivity contribution < 1.29 is 26.7 Å². The predicted molar refractivity (Wildman–Crippen MR) is 135 cm³/mol. The Balaban J connectivity index is 1.99. The van der Waals surface area contributed by atoms with Gasteiger partial charge in [-0.2, -0.15) is 13.2 Å². The van der Waals surface area contributed by atoms with E-state index >= 15 is 0 Å². The summed E-state index contributed by atoms with van der Waals surface area (Å²) in [6.07, 6.45) is -2.06. The molecule has 0 spiro atoms. The maximum Gasteiger partial charge on any atom is 0.421 e. The molecule has 0 saturated carbocycles. The van der Waals surface area contributed by atoms with E-state index in [-0.39, 0.29) is 35.5 Å². The van der Waals surface area contributed by atoms with Crippen LogP contribution in [0.1, 0.15) is 34.7 Å². The minimum absolute atomic E-state index is 0.0322. The monoisotopic (exact) mass is 515 g/mol. The maximum absolute atomic E-state index is 14.5. The number of allylic oxidation sites excluding steroid dienone is 2. The molecule has 0 aliphatic rings. The summed E-state index contributed by atoms with van der Waals surface area (Å²) < 4.78 is 75.6. The van der Waals surface area contributed by atoms with Gasteiger partial charge in [-0.1, -0.05) is 19.7 Å². The fraction of sp³-hybridized carbons (Fsp3) is 0.179. The molecule has 2 N–H and O–H groups in total. The van der Waals surface area contributed by atoms with E-state index in [0.717, 1.165) is 6.07 Å². The zero-order valence-corrected chi connectivity index (χ0v) is 20.4. The molecule has 3 rings (SSSR count). The summed E-state index contributed by atoms with van der Waals surface area (Å²) in [5.41, 5.74) is 6.68. The number of aryl methyl sites for hydroxylation is 1. The molecule has 9 heteroatoms. The van der Waals surface area contributed by atoms with Crippen LogP contribution in [-0.4, -0.2) is 4.98 Å². The summed E-state index contributed by atoms with van der Waals surface area (Å²) in [7, 11) is 0. The molecule has 2 aromatic carbocycles. The van der Waals surface area contributed by atoms with Crippen LogP contribution >= 0.6 is 0 Å². The van der Waals surface area contributed by atoms with Crippen LogP contribution in [0.4, 0.5) is 27.6 Å². The molecule has 0 unspecified atom stereocenters. The quantitative estimate of drug-likeness (QED) is 0.297. The fourth-order valence-corrected chi connectivity index (χ4v) is 3.72. The first-order valence-electron chi connectivity index (χ1n) is 11.1. The Morgan fingerprint density at radius 2 is 1.76 bits per heavy atom. The smallest absolute Gasteiger partial charge is 0.421 e. The van der Waals surface area contributed by atoms with Crippen LogP contribution < -0.4 is 15.4 Å². The van der Waals surface area contributed by atoms with E-state index in [9.17, 15) is 22.0 Å². The first-order chi connectivity index (χ1) is 17.3. The van der Waals surface area contributed by atoms with Crippen LogP contribution in [0.2, 0.25) is 0 Å². The van der Waals surface area contributed by atoms with Gasteiger partial charge in [0.1, 0.15) is 22.9 Å². The van der Waals surface area contributed by atoms with E-state index in [4.69, 9.17) is 10.5 Å². The standard InChI is InChI=1S/C28H26F5N3O/c1-6-36(15-22-24(29)9-17(4)10-25(22)30)26-8-7-20(13-21(26)16(2)3)37-27-23(28(31,32)33)12-19(14-35-27)11-18(5)34/h6-10,12-14H,1-2,5,11,15,34H2,3-4H3. The second-order valence-corrected chi connectivity index (χ2v) is 8.61. The van der Waals surface area contributed by atoms with Gasteiger partial charge < -0.3 is 15.4 Å². The molecule has 4 nitrogen and oxygen atoms in total. The van der Waals surface area contributed by atoms with Crippen molar-refractivity contribution in [1.82, 2.24) is 4.98 Å². The molecule has 194 valence electrons. The van der Waals surface area contributed by atoms with Crippen LogP contribution in [-0.2, 0) is 19.1 Å². The average molecular weight is 516 g/mol. The van der Waals surface area contributed by atoms with Gasteiger partial charge in [0.05, 0.1) is 6.54 Å². The lowest BCUT2D eigenvalue weighted by atomic mass is 10.0. The SMILES string of the molecule is C=CN(Cc1c(F)cc(C)cc1F)c1ccc(Oc2ncc(CC(=C)N)cc2C(F)(F)F)cc1C(=C)C. The Morgan fingerprint density at radius 1 is 1.11 bits per heavy atom.